The van der Waals surface area contributed by atoms with Crippen LogP contribution in [0.1, 0.15) is 12.0 Å². The third-order valence-corrected chi connectivity index (χ3v) is 3.76. The molecule has 1 aromatic heterocycles. The molecule has 0 spiro atoms. The maximum absolute atomic E-state index is 13.2. The number of aromatic nitrogens is 1. The first-order valence-corrected chi connectivity index (χ1v) is 7.64. The first-order valence-electron chi connectivity index (χ1n) is 7.64. The Balaban J connectivity index is 2.18. The predicted octanol–water partition coefficient (Wildman–Crippen LogP) is 3.80. The number of rotatable bonds is 5. The van der Waals surface area contributed by atoms with Crippen LogP contribution in [0.3, 0.4) is 0 Å². The van der Waals surface area contributed by atoms with Crippen molar-refractivity contribution in [3.8, 4) is 17.3 Å². The second-order valence-corrected chi connectivity index (χ2v) is 5.42. The van der Waals surface area contributed by atoms with Crippen molar-refractivity contribution in [1.82, 2.24) is 4.98 Å². The van der Waals surface area contributed by atoms with Gasteiger partial charge in [-0.15, -0.1) is 0 Å². The van der Waals surface area contributed by atoms with Gasteiger partial charge in [-0.25, -0.2) is 9.37 Å². The average molecular weight is 335 g/mol. The van der Waals surface area contributed by atoms with Crippen LogP contribution in [-0.2, 0) is 4.79 Å². The van der Waals surface area contributed by atoms with Crippen LogP contribution in [0.25, 0.3) is 22.2 Å². The zero-order valence-corrected chi connectivity index (χ0v) is 13.2. The molecule has 0 aliphatic heterocycles. The van der Waals surface area contributed by atoms with Crippen LogP contribution in [0, 0.1) is 17.1 Å². The number of hydrogen-bond donors (Lipinski definition) is 2. The SMILES string of the molecule is N#Cc1c(-c2ccc(F)cc2)nc2ccccc2c1NCCC(=O)O. The highest BCUT2D eigenvalue weighted by Crippen LogP contribution is 2.33. The van der Waals surface area contributed by atoms with Gasteiger partial charge in [0.05, 0.1) is 23.3 Å². The van der Waals surface area contributed by atoms with E-state index in [0.29, 0.717) is 28.0 Å². The van der Waals surface area contributed by atoms with Crippen LogP contribution in [0.15, 0.2) is 48.5 Å². The van der Waals surface area contributed by atoms with Crippen LogP contribution in [0.5, 0.6) is 0 Å². The molecule has 3 aromatic rings. The zero-order chi connectivity index (χ0) is 17.8. The number of nitrogens with zero attached hydrogens (tertiary/aromatic N) is 2. The van der Waals surface area contributed by atoms with Gasteiger partial charge in [0, 0.05) is 17.5 Å². The van der Waals surface area contributed by atoms with E-state index in [1.54, 1.807) is 12.1 Å². The molecular formula is C19H14FN3O2. The summed E-state index contributed by atoms with van der Waals surface area (Å²) in [6.07, 6.45) is -0.0760. The Labute approximate surface area is 143 Å². The number of para-hydroxylation sites is 1. The highest BCUT2D eigenvalue weighted by atomic mass is 19.1. The predicted molar refractivity (Wildman–Crippen MR) is 92.6 cm³/mol. The lowest BCUT2D eigenvalue weighted by Gasteiger charge is -2.14. The molecule has 0 aliphatic rings. The summed E-state index contributed by atoms with van der Waals surface area (Å²) in [4.78, 5) is 15.3. The number of carboxylic acids is 1. The summed E-state index contributed by atoms with van der Waals surface area (Å²) in [6, 6.07) is 15.2. The van der Waals surface area contributed by atoms with Gasteiger partial charge in [0.2, 0.25) is 0 Å². The van der Waals surface area contributed by atoms with Crippen LogP contribution < -0.4 is 5.32 Å². The lowest BCUT2D eigenvalue weighted by Crippen LogP contribution is -2.10. The van der Waals surface area contributed by atoms with Crippen LogP contribution in [-0.4, -0.2) is 22.6 Å². The van der Waals surface area contributed by atoms with Crippen molar-refractivity contribution in [1.29, 1.82) is 5.26 Å². The lowest BCUT2D eigenvalue weighted by atomic mass is 10.0. The van der Waals surface area contributed by atoms with Crippen LogP contribution >= 0.6 is 0 Å². The summed E-state index contributed by atoms with van der Waals surface area (Å²) >= 11 is 0. The third kappa shape index (κ3) is 3.40. The molecule has 6 heteroatoms. The maximum atomic E-state index is 13.2. The Morgan fingerprint density at radius 2 is 1.92 bits per heavy atom. The minimum Gasteiger partial charge on any atom is -0.481 e. The molecule has 0 atom stereocenters. The second kappa shape index (κ2) is 6.97. The van der Waals surface area contributed by atoms with Crippen molar-refractivity contribution in [3.63, 3.8) is 0 Å². The normalized spacial score (nSPS) is 10.4. The highest BCUT2D eigenvalue weighted by Gasteiger charge is 2.16. The first-order chi connectivity index (χ1) is 12.1. The van der Waals surface area contributed by atoms with Crippen molar-refractivity contribution in [2.75, 3.05) is 11.9 Å². The number of halogens is 1. The molecule has 124 valence electrons. The number of anilines is 1. The quantitative estimate of drug-likeness (QED) is 0.741. The first kappa shape index (κ1) is 16.4. The van der Waals surface area contributed by atoms with Crippen LogP contribution in [0.4, 0.5) is 10.1 Å². The second-order valence-electron chi connectivity index (χ2n) is 5.42. The summed E-state index contributed by atoms with van der Waals surface area (Å²) in [7, 11) is 0. The minimum atomic E-state index is -0.928. The van der Waals surface area contributed by atoms with Crippen molar-refractivity contribution < 1.29 is 14.3 Å². The fourth-order valence-corrected chi connectivity index (χ4v) is 2.62. The molecular weight excluding hydrogens is 321 g/mol. The topological polar surface area (TPSA) is 86.0 Å². The molecule has 0 amide bonds. The monoisotopic (exact) mass is 335 g/mol. The molecule has 0 fully saturated rings. The number of pyridine rings is 1. The number of benzene rings is 2. The van der Waals surface area contributed by atoms with Gasteiger partial charge in [-0.05, 0) is 30.3 Å². The number of carbonyl (C=O) groups is 1. The molecule has 0 radical (unpaired) electrons. The largest absolute Gasteiger partial charge is 0.481 e. The molecule has 0 aliphatic carbocycles. The number of nitriles is 1. The van der Waals surface area contributed by atoms with Crippen molar-refractivity contribution >= 4 is 22.6 Å². The van der Waals surface area contributed by atoms with Gasteiger partial charge in [-0.3, -0.25) is 4.79 Å². The summed E-state index contributed by atoms with van der Waals surface area (Å²) in [5.41, 5.74) is 2.55. The minimum absolute atomic E-state index is 0.0760. The number of carboxylic acid groups (broad SMARTS) is 1. The zero-order valence-electron chi connectivity index (χ0n) is 13.2. The van der Waals surface area contributed by atoms with E-state index in [0.717, 1.165) is 5.39 Å². The summed E-state index contributed by atoms with van der Waals surface area (Å²) in [6.45, 7) is 0.181. The van der Waals surface area contributed by atoms with Crippen molar-refractivity contribution in [2.24, 2.45) is 0 Å². The van der Waals surface area contributed by atoms with Gasteiger partial charge in [-0.2, -0.15) is 5.26 Å². The fraction of sp³-hybridized carbons (Fsp3) is 0.105. The molecule has 25 heavy (non-hydrogen) atoms. The van der Waals surface area contributed by atoms with Gasteiger partial charge in [-0.1, -0.05) is 18.2 Å². The number of fused-ring (bicyclic) bond motifs is 1. The van der Waals surface area contributed by atoms with E-state index in [9.17, 15) is 14.4 Å². The molecule has 2 aromatic carbocycles. The molecule has 5 nitrogen and oxygen atoms in total. The van der Waals surface area contributed by atoms with E-state index >= 15 is 0 Å². The van der Waals surface area contributed by atoms with Gasteiger partial charge in [0.25, 0.3) is 0 Å². The van der Waals surface area contributed by atoms with E-state index < -0.39 is 5.97 Å². The summed E-state index contributed by atoms with van der Waals surface area (Å²) in [5, 5.41) is 22.3. The number of aliphatic carboxylic acids is 1. The van der Waals surface area contributed by atoms with Gasteiger partial charge in [0.15, 0.2) is 0 Å². The summed E-state index contributed by atoms with van der Waals surface area (Å²) < 4.78 is 13.2. The van der Waals surface area contributed by atoms with E-state index in [1.165, 1.54) is 12.1 Å². The molecule has 0 saturated heterocycles. The van der Waals surface area contributed by atoms with Crippen molar-refractivity contribution in [3.05, 3.63) is 59.9 Å². The number of hydrogen-bond acceptors (Lipinski definition) is 4. The Bertz CT molecular complexity index is 978. The van der Waals surface area contributed by atoms with E-state index in [-0.39, 0.29) is 18.8 Å². The summed E-state index contributed by atoms with van der Waals surface area (Å²) in [5.74, 6) is -1.30. The Hall–Kier alpha value is -3.46. The highest BCUT2D eigenvalue weighted by molar-refractivity contribution is 5.98. The smallest absolute Gasteiger partial charge is 0.305 e. The molecule has 0 unspecified atom stereocenters. The molecule has 0 saturated carbocycles. The molecule has 3 rings (SSSR count). The Morgan fingerprint density at radius 3 is 2.60 bits per heavy atom. The van der Waals surface area contributed by atoms with Crippen molar-refractivity contribution in [2.45, 2.75) is 6.42 Å². The lowest BCUT2D eigenvalue weighted by molar-refractivity contribution is -0.136. The fourth-order valence-electron chi connectivity index (χ4n) is 2.62. The molecule has 1 heterocycles. The molecule has 2 N–H and O–H groups in total. The average Bonchev–Trinajstić information content (AvgIpc) is 2.61. The molecule has 0 bridgehead atoms. The maximum Gasteiger partial charge on any atom is 0.305 e. The van der Waals surface area contributed by atoms with Gasteiger partial charge >= 0.3 is 5.97 Å². The van der Waals surface area contributed by atoms with E-state index in [1.807, 2.05) is 24.3 Å². The van der Waals surface area contributed by atoms with E-state index in [4.69, 9.17) is 5.11 Å². The Morgan fingerprint density at radius 1 is 1.20 bits per heavy atom. The van der Waals surface area contributed by atoms with Gasteiger partial charge in [0.1, 0.15) is 17.4 Å². The number of nitrogens with one attached hydrogen (secondary N) is 1. The third-order valence-electron chi connectivity index (χ3n) is 3.76. The standard InChI is InChI=1S/C19H14FN3O2/c20-13-7-5-12(6-8-13)18-15(11-21)19(22-10-9-17(24)25)14-3-1-2-4-16(14)23-18/h1-8H,9-10H2,(H,22,23)(H,24,25). The Kier molecular flexibility index (Phi) is 4.57. The van der Waals surface area contributed by atoms with Gasteiger partial charge < -0.3 is 10.4 Å². The van der Waals surface area contributed by atoms with E-state index in [2.05, 4.69) is 16.4 Å². The van der Waals surface area contributed by atoms with Crippen LogP contribution in [0.2, 0.25) is 0 Å².